The van der Waals surface area contributed by atoms with Gasteiger partial charge in [0.25, 0.3) is 0 Å². The topological polar surface area (TPSA) is 130 Å². The van der Waals surface area contributed by atoms with Crippen LogP contribution in [0.4, 0.5) is 65.9 Å². The van der Waals surface area contributed by atoms with E-state index in [9.17, 15) is 64.8 Å². The van der Waals surface area contributed by atoms with Crippen molar-refractivity contribution in [1.29, 1.82) is 0 Å². The second-order valence-electron chi connectivity index (χ2n) is 26.4. The average molecular weight is 1740 g/mol. The molecule has 9 nitrogen and oxygen atoms in total. The van der Waals surface area contributed by atoms with Gasteiger partial charge >= 0.3 is 359 Å². The minimum absolute atomic E-state index is 0.0225. The number of hydrogen-bond donors (Lipinski definition) is 0. The summed E-state index contributed by atoms with van der Waals surface area (Å²) in [6.45, 7) is 20.1. The maximum atomic E-state index is 15.7. The fourth-order valence-corrected chi connectivity index (χ4v) is 33.0. The van der Waals surface area contributed by atoms with Gasteiger partial charge in [0.1, 0.15) is 0 Å². The molecule has 0 spiro atoms. The third kappa shape index (κ3) is 14.9. The Morgan fingerprint density at radius 3 is 0.636 bits per heavy atom. The van der Waals surface area contributed by atoms with Gasteiger partial charge in [0.05, 0.1) is 0 Å². The zero-order valence-electron chi connectivity index (χ0n) is 60.0. The van der Waals surface area contributed by atoms with Crippen LogP contribution in [-0.4, -0.2) is 25.3 Å². The molecule has 11 aromatic carbocycles. The Hall–Kier alpha value is -8.47. The van der Waals surface area contributed by atoms with Crippen molar-refractivity contribution in [2.24, 2.45) is 0 Å². The first-order chi connectivity index (χ1) is 51.4. The molecule has 0 unspecified atom stereocenters. The van der Waals surface area contributed by atoms with Crippen LogP contribution in [0.3, 0.4) is 0 Å². The third-order valence-electron chi connectivity index (χ3n) is 17.9. The molecule has 0 bridgehead atoms. The molecule has 0 aliphatic carbocycles. The van der Waals surface area contributed by atoms with Crippen molar-refractivity contribution >= 4 is 71.2 Å². The van der Waals surface area contributed by atoms with E-state index in [1.165, 1.54) is 72.8 Å². The van der Waals surface area contributed by atoms with Crippen LogP contribution in [-0.2, 0) is 53.0 Å². The molecule has 0 aliphatic heterocycles. The van der Waals surface area contributed by atoms with Gasteiger partial charge in [0.15, 0.2) is 56.3 Å². The van der Waals surface area contributed by atoms with Crippen molar-refractivity contribution in [3.8, 4) is 0 Å². The molecule has 0 amide bonds. The molecule has 30 heteroatoms. The summed E-state index contributed by atoms with van der Waals surface area (Å²) < 4.78 is 332. The molecule has 0 saturated heterocycles. The summed E-state index contributed by atoms with van der Waals surface area (Å²) in [4.78, 5) is -5.70. The summed E-state index contributed by atoms with van der Waals surface area (Å²) in [6.07, 6.45) is 0.0450. The Morgan fingerprint density at radius 2 is 0.427 bits per heavy atom. The molecule has 580 valence electrons. The van der Waals surface area contributed by atoms with Crippen LogP contribution >= 0.6 is 40.9 Å². The van der Waals surface area contributed by atoms with Gasteiger partial charge in [0.2, 0.25) is 11.6 Å². The Balaban J connectivity index is 0.976. The normalized spacial score (nSPS) is 12.8. The first-order valence-corrected chi connectivity index (χ1v) is 43.2. The van der Waals surface area contributed by atoms with E-state index in [1.807, 2.05) is 0 Å². The Morgan fingerprint density at radius 1 is 0.245 bits per heavy atom. The number of halogens is 16. The van der Waals surface area contributed by atoms with Crippen LogP contribution in [0.25, 0.3) is 0 Å². The maximum absolute atomic E-state index is 15.7. The molecule has 11 rings (SSSR count). The molecule has 0 N–H and O–H groups in total. The molecule has 0 heterocycles. The Labute approximate surface area is 636 Å². The summed E-state index contributed by atoms with van der Waals surface area (Å²) >= 11 is -4.23. The van der Waals surface area contributed by atoms with Crippen molar-refractivity contribution in [1.82, 2.24) is 0 Å². The predicted molar refractivity (Wildman–Crippen MR) is 394 cm³/mol. The van der Waals surface area contributed by atoms with Gasteiger partial charge in [0, 0.05) is 0 Å². The van der Waals surface area contributed by atoms with Crippen LogP contribution in [0.5, 0.6) is 0 Å². The number of hydrogen-bond acceptors (Lipinski definition) is 9. The van der Waals surface area contributed by atoms with Crippen LogP contribution in [0.2, 0.25) is 0 Å². The van der Waals surface area contributed by atoms with Gasteiger partial charge in [-0.25, -0.2) is 43.9 Å². The second kappa shape index (κ2) is 30.9. The Bertz CT molecular complexity index is 5370. The van der Waals surface area contributed by atoms with Gasteiger partial charge in [-0.15, -0.1) is 0 Å². The second-order valence-corrected chi connectivity index (χ2v) is 41.4. The SMILES string of the molecule is Cc1cc(C)c(S(OS(=O)(=O)c2c(F)c(F)c(F)c(F)c2F)(c2ccc(Cc3ccc(I(OS(=O)(=O)c4c(F)c(F)c(F)c(F)c4F)c4ccc(Cc5ccc(S(OS(=O)(=O)c6c(F)c(F)c(F)c(F)c6F)(c6c(C)cc(C)cc6C)c6c(C)cc(C)cc6C)cc5)cc4)cc3)cc2)c2c(C)cc(C)cc2C)c(C)c1. The van der Waals surface area contributed by atoms with E-state index in [2.05, 4.69) is 0 Å². The van der Waals surface area contributed by atoms with E-state index in [1.54, 1.807) is 156 Å². The van der Waals surface area contributed by atoms with Crippen molar-refractivity contribution in [2.75, 3.05) is 0 Å². The molecule has 0 aromatic heterocycles. The summed E-state index contributed by atoms with van der Waals surface area (Å²) in [6, 6.07) is 37.4. The van der Waals surface area contributed by atoms with Crippen molar-refractivity contribution in [3.05, 3.63) is 329 Å². The predicted octanol–water partition coefficient (Wildman–Crippen LogP) is 22.7. The summed E-state index contributed by atoms with van der Waals surface area (Å²) in [7, 11) is -25.7. The third-order valence-corrected chi connectivity index (χ3v) is 36.8. The first kappa shape index (κ1) is 82.5. The van der Waals surface area contributed by atoms with E-state index in [4.69, 9.17) is 9.77 Å². The van der Waals surface area contributed by atoms with Gasteiger partial charge in [-0.05, 0) is 83.1 Å². The number of benzene rings is 11. The molecule has 110 heavy (non-hydrogen) atoms. The van der Waals surface area contributed by atoms with Gasteiger partial charge < -0.3 is 0 Å². The first-order valence-electron chi connectivity index (χ1n) is 32.9. The average Bonchev–Trinajstić information content (AvgIpc) is 0.716. The fraction of sp³-hybridized carbons (Fsp3) is 0.175. The standard InChI is InChI=1S/C80H64F15IO9S5/c1-39-29-43(5)74(44(6)30-39)106(75-45(7)31-40(2)32-46(75)8,104-109(99,100)79-70(92)64(86)60(82)65(87)71(79)93)57-25-17-53(18-26-57)37-51-13-21-55(22-14-51)96(103-108(97,98)78-68(90)62(84)59(81)63(85)69(78)91)56-23-15-52(16-24-56)38-54-19-27-58(28-20-54)107(76-47(9)33-41(3)34-48(76)10,77-49(11)35-42(4)36-50(77)12)105-110(101,102)80-72(94)66(88)61(83)67(89)73(80)95/h13-36H,37-38H2,1-12H3. The van der Waals surface area contributed by atoms with Crippen LogP contribution in [0.15, 0.2) is 190 Å². The molecular formula is C80H64F15IO9S5. The van der Waals surface area contributed by atoms with Crippen molar-refractivity contribution in [3.63, 3.8) is 0 Å². The fourth-order valence-electron chi connectivity index (χ4n) is 13.9. The molecule has 11 aromatic rings. The Kier molecular flexibility index (Phi) is 23.2. The van der Waals surface area contributed by atoms with Gasteiger partial charge in [-0.3, -0.25) is 0 Å². The minimum atomic E-state index is -6.00. The minimum Gasteiger partial charge on any atom is -0.0552 e. The summed E-state index contributed by atoms with van der Waals surface area (Å²) in [5, 5.41) is 0. The van der Waals surface area contributed by atoms with Crippen molar-refractivity contribution in [2.45, 2.75) is 140 Å². The van der Waals surface area contributed by atoms with E-state index >= 15 is 26.3 Å². The zero-order chi connectivity index (χ0) is 80.8. The van der Waals surface area contributed by atoms with Crippen LogP contribution in [0.1, 0.15) is 89.0 Å². The van der Waals surface area contributed by atoms with Gasteiger partial charge in [-0.2, -0.15) is 16.8 Å². The smallest absolute Gasteiger partial charge is 0.0552 e. The monoisotopic (exact) mass is 1740 g/mol. The molecule has 0 radical (unpaired) electrons. The number of rotatable bonds is 21. The molecular weight excluding hydrogens is 1680 g/mol. The number of aryl methyl sites for hydroxylation is 12. The molecule has 0 aliphatic rings. The molecule has 0 saturated carbocycles. The van der Waals surface area contributed by atoms with Crippen LogP contribution < -0.4 is 0 Å². The summed E-state index contributed by atoms with van der Waals surface area (Å²) in [5.74, 6) is -39.2. The van der Waals surface area contributed by atoms with Crippen LogP contribution in [0, 0.1) is 177 Å². The van der Waals surface area contributed by atoms with Crippen molar-refractivity contribution < 1.29 is 101 Å². The molecule has 0 fully saturated rings. The van der Waals surface area contributed by atoms with E-state index < -0.39 is 173 Å². The van der Waals surface area contributed by atoms with E-state index in [0.717, 1.165) is 0 Å². The summed E-state index contributed by atoms with van der Waals surface area (Å²) in [5.41, 5.74) is 8.15. The zero-order valence-corrected chi connectivity index (χ0v) is 66.3. The van der Waals surface area contributed by atoms with Gasteiger partial charge in [-0.1, -0.05) is 70.8 Å². The quantitative estimate of drug-likeness (QED) is 0.0299. The van der Waals surface area contributed by atoms with E-state index in [0.29, 0.717) is 89.0 Å². The molecule has 0 atom stereocenters. The van der Waals surface area contributed by atoms with E-state index in [-0.39, 0.29) is 49.4 Å².